The fourth-order valence-corrected chi connectivity index (χ4v) is 4.02. The first-order valence-corrected chi connectivity index (χ1v) is 9.91. The Hall–Kier alpha value is -1.76. The summed E-state index contributed by atoms with van der Waals surface area (Å²) >= 11 is 8.87. The second-order valence-corrected chi connectivity index (χ2v) is 8.82. The van der Waals surface area contributed by atoms with Crippen LogP contribution in [0.15, 0.2) is 35.0 Å². The Morgan fingerprint density at radius 1 is 1.12 bits per heavy atom. The maximum absolute atomic E-state index is 12.2. The Balaban J connectivity index is 1.64. The van der Waals surface area contributed by atoms with Crippen molar-refractivity contribution in [2.45, 2.75) is 32.6 Å². The molecule has 2 aromatic heterocycles. The number of anilines is 1. The Morgan fingerprint density at radius 3 is 2.48 bits per heavy atom. The number of hydrogen-bond acceptors (Lipinski definition) is 5. The molecule has 3 rings (SSSR count). The number of amides is 1. The normalized spacial score (nSPS) is 11.5. The van der Waals surface area contributed by atoms with Crippen molar-refractivity contribution in [3.63, 3.8) is 0 Å². The van der Waals surface area contributed by atoms with Crippen molar-refractivity contribution in [1.82, 2.24) is 9.97 Å². The fourth-order valence-electron chi connectivity index (χ4n) is 2.12. The van der Waals surface area contributed by atoms with E-state index in [4.69, 9.17) is 11.6 Å². The quantitative estimate of drug-likeness (QED) is 0.647. The second-order valence-electron chi connectivity index (χ2n) is 6.66. The van der Waals surface area contributed by atoms with Crippen LogP contribution in [0, 0.1) is 0 Å². The number of benzene rings is 1. The SMILES string of the molecule is CC(C)(C)c1csc(NC(=O)Cc2csc(-c3ccc(Cl)cc3)n2)n1. The molecule has 3 aromatic rings. The molecule has 130 valence electrons. The summed E-state index contributed by atoms with van der Waals surface area (Å²) in [5.41, 5.74) is 2.70. The summed E-state index contributed by atoms with van der Waals surface area (Å²) in [4.78, 5) is 21.2. The first-order chi connectivity index (χ1) is 11.8. The monoisotopic (exact) mass is 391 g/mol. The minimum absolute atomic E-state index is 0.0259. The second kappa shape index (κ2) is 7.23. The molecule has 0 saturated heterocycles. The number of halogens is 1. The molecule has 0 unspecified atom stereocenters. The van der Waals surface area contributed by atoms with Crippen LogP contribution in [0.2, 0.25) is 5.02 Å². The van der Waals surface area contributed by atoms with Crippen LogP contribution < -0.4 is 5.32 Å². The van der Waals surface area contributed by atoms with Gasteiger partial charge in [-0.3, -0.25) is 4.79 Å². The summed E-state index contributed by atoms with van der Waals surface area (Å²) < 4.78 is 0. The van der Waals surface area contributed by atoms with E-state index in [0.29, 0.717) is 10.2 Å². The van der Waals surface area contributed by atoms with Crippen molar-refractivity contribution in [1.29, 1.82) is 0 Å². The zero-order chi connectivity index (χ0) is 18.0. The molecule has 0 aliphatic rings. The number of thiazole rings is 2. The van der Waals surface area contributed by atoms with Crippen LogP contribution in [0.4, 0.5) is 5.13 Å². The van der Waals surface area contributed by atoms with E-state index in [9.17, 15) is 4.79 Å². The molecule has 0 spiro atoms. The van der Waals surface area contributed by atoms with Crippen LogP contribution in [0.25, 0.3) is 10.6 Å². The van der Waals surface area contributed by atoms with Crippen molar-refractivity contribution >= 4 is 45.3 Å². The predicted molar refractivity (Wildman–Crippen MR) is 106 cm³/mol. The third-order valence-electron chi connectivity index (χ3n) is 3.50. The number of carbonyl (C=O) groups excluding carboxylic acids is 1. The zero-order valence-corrected chi connectivity index (χ0v) is 16.6. The van der Waals surface area contributed by atoms with Gasteiger partial charge >= 0.3 is 0 Å². The van der Waals surface area contributed by atoms with Gasteiger partial charge in [0.1, 0.15) is 5.01 Å². The van der Waals surface area contributed by atoms with Crippen molar-refractivity contribution in [2.75, 3.05) is 5.32 Å². The Bertz CT molecular complexity index is 878. The predicted octanol–water partition coefficient (Wildman–Crippen LogP) is 5.40. The molecule has 0 atom stereocenters. The molecule has 25 heavy (non-hydrogen) atoms. The van der Waals surface area contributed by atoms with E-state index < -0.39 is 0 Å². The Kier molecular flexibility index (Phi) is 5.22. The summed E-state index contributed by atoms with van der Waals surface area (Å²) in [5, 5.41) is 8.95. The largest absolute Gasteiger partial charge is 0.302 e. The number of aromatic nitrogens is 2. The lowest BCUT2D eigenvalue weighted by atomic mass is 9.93. The highest BCUT2D eigenvalue weighted by Crippen LogP contribution is 2.27. The molecule has 2 heterocycles. The Morgan fingerprint density at radius 2 is 1.84 bits per heavy atom. The third-order valence-corrected chi connectivity index (χ3v) is 5.45. The van der Waals surface area contributed by atoms with Crippen LogP contribution >= 0.6 is 34.3 Å². The van der Waals surface area contributed by atoms with E-state index in [-0.39, 0.29) is 17.7 Å². The van der Waals surface area contributed by atoms with Crippen LogP contribution in [0.1, 0.15) is 32.2 Å². The van der Waals surface area contributed by atoms with Crippen molar-refractivity contribution in [3.8, 4) is 10.6 Å². The number of carbonyl (C=O) groups is 1. The number of hydrogen-bond donors (Lipinski definition) is 1. The van der Waals surface area contributed by atoms with Crippen LogP contribution in [-0.4, -0.2) is 15.9 Å². The molecule has 7 heteroatoms. The summed E-state index contributed by atoms with van der Waals surface area (Å²) in [6.07, 6.45) is 0.231. The molecule has 0 saturated carbocycles. The molecule has 0 fully saturated rings. The highest BCUT2D eigenvalue weighted by Gasteiger charge is 2.18. The van der Waals surface area contributed by atoms with E-state index in [1.54, 1.807) is 0 Å². The van der Waals surface area contributed by atoms with Crippen molar-refractivity contribution < 1.29 is 4.79 Å². The molecular weight excluding hydrogens is 374 g/mol. The van der Waals surface area contributed by atoms with Gasteiger partial charge < -0.3 is 5.32 Å². The highest BCUT2D eigenvalue weighted by molar-refractivity contribution is 7.14. The van der Waals surface area contributed by atoms with E-state index in [0.717, 1.165) is 22.0 Å². The maximum Gasteiger partial charge on any atom is 0.232 e. The van der Waals surface area contributed by atoms with Gasteiger partial charge in [-0.25, -0.2) is 9.97 Å². The third kappa shape index (κ3) is 4.66. The van der Waals surface area contributed by atoms with Crippen LogP contribution in [-0.2, 0) is 16.6 Å². The number of nitrogens with one attached hydrogen (secondary N) is 1. The van der Waals surface area contributed by atoms with Crippen molar-refractivity contribution in [2.24, 2.45) is 0 Å². The molecule has 4 nitrogen and oxygen atoms in total. The van der Waals surface area contributed by atoms with Gasteiger partial charge in [-0.05, 0) is 12.1 Å². The van der Waals surface area contributed by atoms with Gasteiger partial charge in [0.15, 0.2) is 5.13 Å². The maximum atomic E-state index is 12.2. The van der Waals surface area contributed by atoms with Gasteiger partial charge in [0.2, 0.25) is 5.91 Å². The minimum Gasteiger partial charge on any atom is -0.302 e. The molecule has 1 aromatic carbocycles. The molecule has 1 N–H and O–H groups in total. The minimum atomic E-state index is -0.109. The lowest BCUT2D eigenvalue weighted by Crippen LogP contribution is -2.16. The van der Waals surface area contributed by atoms with E-state index >= 15 is 0 Å². The standard InChI is InChI=1S/C18H18ClN3OS2/c1-18(2,3)14-10-25-17(21-14)22-15(23)8-13-9-24-16(20-13)11-4-6-12(19)7-5-11/h4-7,9-10H,8H2,1-3H3,(H,21,22,23). The van der Waals surface area contributed by atoms with Crippen LogP contribution in [0.3, 0.4) is 0 Å². The molecule has 1 amide bonds. The van der Waals surface area contributed by atoms with Gasteiger partial charge in [0, 0.05) is 26.8 Å². The highest BCUT2D eigenvalue weighted by atomic mass is 35.5. The lowest BCUT2D eigenvalue weighted by molar-refractivity contribution is -0.115. The summed E-state index contributed by atoms with van der Waals surface area (Å²) in [6, 6.07) is 7.52. The fraction of sp³-hybridized carbons (Fsp3) is 0.278. The first-order valence-electron chi connectivity index (χ1n) is 7.77. The summed E-state index contributed by atoms with van der Waals surface area (Å²) in [5.74, 6) is -0.109. The lowest BCUT2D eigenvalue weighted by Gasteiger charge is -2.14. The molecule has 0 bridgehead atoms. The van der Waals surface area contributed by atoms with E-state index in [2.05, 4.69) is 36.1 Å². The van der Waals surface area contributed by atoms with Gasteiger partial charge in [0.25, 0.3) is 0 Å². The van der Waals surface area contributed by atoms with Gasteiger partial charge in [-0.15, -0.1) is 22.7 Å². The number of rotatable bonds is 4. The number of nitrogens with zero attached hydrogens (tertiary/aromatic N) is 2. The van der Waals surface area contributed by atoms with Crippen LogP contribution in [0.5, 0.6) is 0 Å². The summed E-state index contributed by atoms with van der Waals surface area (Å²) in [7, 11) is 0. The smallest absolute Gasteiger partial charge is 0.232 e. The van der Waals surface area contributed by atoms with Gasteiger partial charge in [-0.2, -0.15) is 0 Å². The molecule has 0 radical (unpaired) electrons. The van der Waals surface area contributed by atoms with Crippen molar-refractivity contribution in [3.05, 3.63) is 51.4 Å². The average molecular weight is 392 g/mol. The molecule has 0 aliphatic heterocycles. The molecule has 0 aliphatic carbocycles. The van der Waals surface area contributed by atoms with E-state index in [1.807, 2.05) is 35.0 Å². The van der Waals surface area contributed by atoms with Gasteiger partial charge in [0.05, 0.1) is 17.8 Å². The van der Waals surface area contributed by atoms with E-state index in [1.165, 1.54) is 22.7 Å². The van der Waals surface area contributed by atoms with Gasteiger partial charge in [-0.1, -0.05) is 44.5 Å². The zero-order valence-electron chi connectivity index (χ0n) is 14.2. The Labute approximate surface area is 159 Å². The summed E-state index contributed by atoms with van der Waals surface area (Å²) in [6.45, 7) is 6.30. The average Bonchev–Trinajstić information content (AvgIpc) is 3.17. The topological polar surface area (TPSA) is 54.9 Å². The molecular formula is C18H18ClN3OS2. The first kappa shape index (κ1) is 18.0.